The van der Waals surface area contributed by atoms with Gasteiger partial charge in [0.1, 0.15) is 5.75 Å². The predicted molar refractivity (Wildman–Crippen MR) is 100 cm³/mol. The third-order valence-corrected chi connectivity index (χ3v) is 3.65. The molecule has 0 saturated heterocycles. The Morgan fingerprint density at radius 2 is 1.74 bits per heavy atom. The van der Waals surface area contributed by atoms with E-state index >= 15 is 0 Å². The van der Waals surface area contributed by atoms with Gasteiger partial charge in [-0.15, -0.1) is 0 Å². The van der Waals surface area contributed by atoms with Gasteiger partial charge in [-0.3, -0.25) is 4.79 Å². The topological polar surface area (TPSA) is 92.9 Å². The van der Waals surface area contributed by atoms with Crippen LogP contribution in [0.5, 0.6) is 5.75 Å². The van der Waals surface area contributed by atoms with Crippen molar-refractivity contribution in [1.82, 2.24) is 9.99 Å². The van der Waals surface area contributed by atoms with Crippen LogP contribution >= 0.6 is 0 Å². The van der Waals surface area contributed by atoms with Crippen molar-refractivity contribution in [3.8, 4) is 11.4 Å². The molecule has 27 heavy (non-hydrogen) atoms. The largest absolute Gasteiger partial charge is 0.482 e. The smallest absolute Gasteiger partial charge is 0.341 e. The predicted octanol–water partition coefficient (Wildman–Crippen LogP) is 2.70. The first-order valence-electron chi connectivity index (χ1n) is 8.14. The van der Waals surface area contributed by atoms with Crippen molar-refractivity contribution in [1.29, 1.82) is 0 Å². The fourth-order valence-corrected chi connectivity index (χ4v) is 2.41. The Labute approximate surface area is 155 Å². The molecule has 1 heterocycles. The molecule has 0 fully saturated rings. The van der Waals surface area contributed by atoms with Crippen molar-refractivity contribution < 1.29 is 19.4 Å². The lowest BCUT2D eigenvalue weighted by Crippen LogP contribution is -2.19. The molecule has 136 valence electrons. The van der Waals surface area contributed by atoms with Gasteiger partial charge in [0, 0.05) is 12.4 Å². The first-order valence-corrected chi connectivity index (χ1v) is 8.14. The van der Waals surface area contributed by atoms with E-state index in [4.69, 9.17) is 9.84 Å². The maximum atomic E-state index is 12.4. The lowest BCUT2D eigenvalue weighted by molar-refractivity contribution is -0.139. The van der Waals surface area contributed by atoms with E-state index in [0.29, 0.717) is 11.3 Å². The molecule has 0 atom stereocenters. The minimum absolute atomic E-state index is 0.322. The van der Waals surface area contributed by atoms with E-state index in [1.54, 1.807) is 36.4 Å². The van der Waals surface area contributed by atoms with E-state index in [1.807, 2.05) is 41.2 Å². The van der Waals surface area contributed by atoms with Crippen LogP contribution in [0.15, 0.2) is 78.2 Å². The summed E-state index contributed by atoms with van der Waals surface area (Å²) in [7, 11) is 0. The highest BCUT2D eigenvalue weighted by Gasteiger charge is 2.10. The van der Waals surface area contributed by atoms with Crippen molar-refractivity contribution in [2.24, 2.45) is 5.10 Å². The van der Waals surface area contributed by atoms with Gasteiger partial charge >= 0.3 is 5.97 Å². The monoisotopic (exact) mass is 363 g/mol. The van der Waals surface area contributed by atoms with Gasteiger partial charge in [0.25, 0.3) is 5.91 Å². The normalized spacial score (nSPS) is 10.7. The zero-order valence-corrected chi connectivity index (χ0v) is 14.3. The number of hydrogen-bond acceptors (Lipinski definition) is 4. The highest BCUT2D eigenvalue weighted by atomic mass is 16.5. The van der Waals surface area contributed by atoms with Crippen molar-refractivity contribution in [2.45, 2.75) is 0 Å². The van der Waals surface area contributed by atoms with E-state index in [2.05, 4.69) is 10.5 Å². The van der Waals surface area contributed by atoms with Crippen LogP contribution in [0.2, 0.25) is 0 Å². The summed E-state index contributed by atoms with van der Waals surface area (Å²) in [5.74, 6) is -0.917. The Bertz CT molecular complexity index is 948. The number of rotatable bonds is 7. The first kappa shape index (κ1) is 17.9. The lowest BCUT2D eigenvalue weighted by Gasteiger charge is -2.09. The van der Waals surface area contributed by atoms with E-state index in [-0.39, 0.29) is 5.91 Å². The minimum Gasteiger partial charge on any atom is -0.482 e. The number of carboxylic acids is 1. The Morgan fingerprint density at radius 3 is 2.44 bits per heavy atom. The fraction of sp³-hybridized carbons (Fsp3) is 0.0500. The quantitative estimate of drug-likeness (QED) is 0.499. The summed E-state index contributed by atoms with van der Waals surface area (Å²) >= 11 is 0. The minimum atomic E-state index is -1.04. The van der Waals surface area contributed by atoms with E-state index in [9.17, 15) is 9.59 Å². The molecule has 0 unspecified atom stereocenters. The number of hydrazone groups is 1. The molecule has 2 aromatic carbocycles. The number of hydrogen-bond donors (Lipinski definition) is 2. The second kappa shape index (κ2) is 8.48. The van der Waals surface area contributed by atoms with Gasteiger partial charge in [-0.25, -0.2) is 10.2 Å². The van der Waals surface area contributed by atoms with E-state index in [1.165, 1.54) is 6.21 Å². The highest BCUT2D eigenvalue weighted by molar-refractivity contribution is 5.98. The van der Waals surface area contributed by atoms with Gasteiger partial charge in [-0.05, 0) is 54.1 Å². The number of carboxylic acid groups (broad SMARTS) is 1. The van der Waals surface area contributed by atoms with Gasteiger partial charge in [0.05, 0.1) is 17.5 Å². The molecular weight excluding hydrogens is 346 g/mol. The number of ether oxygens (including phenoxy) is 1. The average molecular weight is 363 g/mol. The number of benzene rings is 2. The maximum absolute atomic E-state index is 12.4. The number of para-hydroxylation sites is 1. The molecular formula is C20H17N3O4. The van der Waals surface area contributed by atoms with Crippen molar-refractivity contribution >= 4 is 18.1 Å². The third-order valence-electron chi connectivity index (χ3n) is 3.65. The van der Waals surface area contributed by atoms with Crippen LogP contribution in [0.25, 0.3) is 5.69 Å². The number of carbonyl (C=O) groups excluding carboxylic acids is 1. The lowest BCUT2D eigenvalue weighted by atomic mass is 10.1. The SMILES string of the molecule is O=C(O)COc1ccc(/C=N\NC(=O)c2ccccc2-n2cccc2)cc1. The summed E-state index contributed by atoms with van der Waals surface area (Å²) < 4.78 is 6.91. The van der Waals surface area contributed by atoms with E-state index in [0.717, 1.165) is 11.3 Å². The van der Waals surface area contributed by atoms with Gasteiger partial charge in [-0.2, -0.15) is 5.10 Å². The summed E-state index contributed by atoms with van der Waals surface area (Å²) in [6, 6.07) is 17.7. The van der Waals surface area contributed by atoms with Crippen LogP contribution in [0, 0.1) is 0 Å². The van der Waals surface area contributed by atoms with Crippen molar-refractivity contribution in [2.75, 3.05) is 6.61 Å². The van der Waals surface area contributed by atoms with Crippen molar-refractivity contribution in [3.63, 3.8) is 0 Å². The summed E-state index contributed by atoms with van der Waals surface area (Å²) in [5, 5.41) is 12.6. The Balaban J connectivity index is 1.63. The van der Waals surface area contributed by atoms with Crippen LogP contribution < -0.4 is 10.2 Å². The molecule has 0 aliphatic carbocycles. The van der Waals surface area contributed by atoms with Gasteiger partial charge in [-0.1, -0.05) is 12.1 Å². The molecule has 3 rings (SSSR count). The molecule has 7 heteroatoms. The molecule has 0 bridgehead atoms. The third kappa shape index (κ3) is 4.82. The molecule has 2 N–H and O–H groups in total. The van der Waals surface area contributed by atoms with Crippen LogP contribution in [-0.2, 0) is 4.79 Å². The second-order valence-electron chi connectivity index (χ2n) is 5.56. The number of amides is 1. The van der Waals surface area contributed by atoms with E-state index < -0.39 is 12.6 Å². The molecule has 0 radical (unpaired) electrons. The fourth-order valence-electron chi connectivity index (χ4n) is 2.41. The second-order valence-corrected chi connectivity index (χ2v) is 5.56. The van der Waals surface area contributed by atoms with Crippen LogP contribution in [0.1, 0.15) is 15.9 Å². The molecule has 0 saturated carbocycles. The Hall–Kier alpha value is -3.87. The van der Waals surface area contributed by atoms with Gasteiger partial charge < -0.3 is 14.4 Å². The first-order chi connectivity index (χ1) is 13.1. The number of nitrogens with one attached hydrogen (secondary N) is 1. The van der Waals surface area contributed by atoms with Crippen molar-refractivity contribution in [3.05, 3.63) is 84.2 Å². The summed E-state index contributed by atoms with van der Waals surface area (Å²) in [5.41, 5.74) is 4.51. The average Bonchev–Trinajstić information content (AvgIpc) is 3.22. The zero-order chi connectivity index (χ0) is 19.1. The Kier molecular flexibility index (Phi) is 5.64. The Morgan fingerprint density at radius 1 is 1.04 bits per heavy atom. The number of nitrogens with zero attached hydrogens (tertiary/aromatic N) is 2. The number of aromatic nitrogens is 1. The molecule has 0 spiro atoms. The molecule has 3 aromatic rings. The summed E-state index contributed by atoms with van der Waals surface area (Å²) in [4.78, 5) is 22.9. The molecule has 7 nitrogen and oxygen atoms in total. The zero-order valence-electron chi connectivity index (χ0n) is 14.3. The molecule has 0 aliphatic heterocycles. The van der Waals surface area contributed by atoms with Gasteiger partial charge in [0.2, 0.25) is 0 Å². The molecule has 1 amide bonds. The summed E-state index contributed by atoms with van der Waals surface area (Å²) in [6.07, 6.45) is 5.23. The maximum Gasteiger partial charge on any atom is 0.341 e. The van der Waals surface area contributed by atoms with Gasteiger partial charge in [0.15, 0.2) is 6.61 Å². The molecule has 1 aromatic heterocycles. The van der Waals surface area contributed by atoms with Crippen LogP contribution in [0.4, 0.5) is 0 Å². The summed E-state index contributed by atoms with van der Waals surface area (Å²) in [6.45, 7) is -0.399. The van der Waals surface area contributed by atoms with Crippen LogP contribution in [-0.4, -0.2) is 34.4 Å². The number of aliphatic carboxylic acids is 1. The van der Waals surface area contributed by atoms with Crippen LogP contribution in [0.3, 0.4) is 0 Å². The standard InChI is InChI=1S/C20H17N3O4/c24-19(25)14-27-16-9-7-15(8-10-16)13-21-22-20(26)17-5-1-2-6-18(17)23-11-3-4-12-23/h1-13H,14H2,(H,22,26)(H,24,25)/b21-13-. The highest BCUT2D eigenvalue weighted by Crippen LogP contribution is 2.15. The molecule has 0 aliphatic rings. The number of carbonyl (C=O) groups is 2.